The molecule has 1 aromatic rings. The number of carbonyl (C=O) groups is 1. The molecule has 1 aromatic heterocycles. The molecular formula is C17H26N2OS. The Labute approximate surface area is 131 Å². The maximum absolute atomic E-state index is 12.7. The molecular weight excluding hydrogens is 280 g/mol. The molecule has 2 aliphatic rings. The van der Waals surface area contributed by atoms with Crippen molar-refractivity contribution in [1.82, 2.24) is 5.32 Å². The van der Waals surface area contributed by atoms with E-state index in [4.69, 9.17) is 5.73 Å². The molecule has 0 radical (unpaired) electrons. The minimum absolute atomic E-state index is 0.0163. The van der Waals surface area contributed by atoms with Crippen LogP contribution in [0.15, 0.2) is 17.5 Å². The van der Waals surface area contributed by atoms with E-state index in [9.17, 15) is 4.79 Å². The maximum Gasteiger partial charge on any atom is 0.225 e. The number of carbonyl (C=O) groups excluding carboxylic acids is 1. The Morgan fingerprint density at radius 2 is 1.90 bits per heavy atom. The Bertz CT molecular complexity index is 453. The SMILES string of the molecule is NC1CCCCC1C(=O)NC(c1cccs1)C1CCCC1. The second-order valence-corrected chi connectivity index (χ2v) is 7.58. The number of rotatable bonds is 4. The van der Waals surface area contributed by atoms with Crippen LogP contribution < -0.4 is 11.1 Å². The molecule has 3 unspecified atom stereocenters. The average molecular weight is 306 g/mol. The topological polar surface area (TPSA) is 55.1 Å². The highest BCUT2D eigenvalue weighted by molar-refractivity contribution is 7.10. The van der Waals surface area contributed by atoms with Crippen LogP contribution in [-0.2, 0) is 4.79 Å². The lowest BCUT2D eigenvalue weighted by molar-refractivity contribution is -0.127. The minimum Gasteiger partial charge on any atom is -0.348 e. The van der Waals surface area contributed by atoms with E-state index in [1.165, 1.54) is 37.0 Å². The first kappa shape index (κ1) is 15.0. The van der Waals surface area contributed by atoms with Crippen LogP contribution in [0.2, 0.25) is 0 Å². The molecule has 3 N–H and O–H groups in total. The van der Waals surface area contributed by atoms with Gasteiger partial charge in [-0.15, -0.1) is 11.3 Å². The van der Waals surface area contributed by atoms with E-state index >= 15 is 0 Å². The van der Waals surface area contributed by atoms with Crippen LogP contribution in [0.4, 0.5) is 0 Å². The summed E-state index contributed by atoms with van der Waals surface area (Å²) in [5.74, 6) is 0.808. The molecule has 0 spiro atoms. The Morgan fingerprint density at radius 3 is 2.57 bits per heavy atom. The van der Waals surface area contributed by atoms with Crippen LogP contribution in [0.5, 0.6) is 0 Å². The lowest BCUT2D eigenvalue weighted by Gasteiger charge is -2.31. The molecule has 1 heterocycles. The van der Waals surface area contributed by atoms with Gasteiger partial charge >= 0.3 is 0 Å². The Balaban J connectivity index is 1.70. The summed E-state index contributed by atoms with van der Waals surface area (Å²) in [6.45, 7) is 0. The van der Waals surface area contributed by atoms with Crippen molar-refractivity contribution in [2.75, 3.05) is 0 Å². The molecule has 0 aliphatic heterocycles. The van der Waals surface area contributed by atoms with Crippen molar-refractivity contribution < 1.29 is 4.79 Å². The Hall–Kier alpha value is -0.870. The lowest BCUT2D eigenvalue weighted by Crippen LogP contribution is -2.45. The zero-order valence-corrected chi connectivity index (χ0v) is 13.4. The van der Waals surface area contributed by atoms with E-state index in [1.54, 1.807) is 11.3 Å². The monoisotopic (exact) mass is 306 g/mol. The standard InChI is InChI=1S/C17H26N2OS/c18-14-9-4-3-8-13(14)17(20)19-16(12-6-1-2-7-12)15-10-5-11-21-15/h5,10-14,16H,1-4,6-9,18H2,(H,19,20). The summed E-state index contributed by atoms with van der Waals surface area (Å²) < 4.78 is 0. The predicted octanol–water partition coefficient (Wildman–Crippen LogP) is 3.61. The first-order valence-corrected chi connectivity index (χ1v) is 9.23. The summed E-state index contributed by atoms with van der Waals surface area (Å²) in [7, 11) is 0. The van der Waals surface area contributed by atoms with E-state index < -0.39 is 0 Å². The smallest absolute Gasteiger partial charge is 0.225 e. The molecule has 0 aromatic carbocycles. The fourth-order valence-electron chi connectivity index (χ4n) is 3.93. The number of hydrogen-bond acceptors (Lipinski definition) is 3. The van der Waals surface area contributed by atoms with Gasteiger partial charge in [0.15, 0.2) is 0 Å². The van der Waals surface area contributed by atoms with Crippen LogP contribution in [0.3, 0.4) is 0 Å². The second kappa shape index (κ2) is 6.93. The van der Waals surface area contributed by atoms with Crippen molar-refractivity contribution in [3.8, 4) is 0 Å². The lowest BCUT2D eigenvalue weighted by atomic mass is 9.84. The first-order valence-electron chi connectivity index (χ1n) is 8.35. The molecule has 2 saturated carbocycles. The van der Waals surface area contributed by atoms with Crippen molar-refractivity contribution in [2.45, 2.75) is 63.5 Å². The van der Waals surface area contributed by atoms with E-state index in [1.807, 2.05) is 0 Å². The highest BCUT2D eigenvalue weighted by atomic mass is 32.1. The average Bonchev–Trinajstić information content (AvgIpc) is 3.18. The van der Waals surface area contributed by atoms with Gasteiger partial charge in [0.25, 0.3) is 0 Å². The molecule has 3 nitrogen and oxygen atoms in total. The van der Waals surface area contributed by atoms with Gasteiger partial charge in [0.05, 0.1) is 12.0 Å². The van der Waals surface area contributed by atoms with E-state index in [0.29, 0.717) is 5.92 Å². The van der Waals surface area contributed by atoms with E-state index in [-0.39, 0.29) is 23.9 Å². The van der Waals surface area contributed by atoms with Gasteiger partial charge < -0.3 is 11.1 Å². The molecule has 0 saturated heterocycles. The van der Waals surface area contributed by atoms with Gasteiger partial charge in [0.2, 0.25) is 5.91 Å². The molecule has 0 bridgehead atoms. The molecule has 1 amide bonds. The summed E-state index contributed by atoms with van der Waals surface area (Å²) in [5, 5.41) is 5.46. The Kier molecular flexibility index (Phi) is 4.96. The minimum atomic E-state index is 0.0163. The van der Waals surface area contributed by atoms with Crippen molar-refractivity contribution in [1.29, 1.82) is 0 Å². The van der Waals surface area contributed by atoms with Gasteiger partial charge in [-0.2, -0.15) is 0 Å². The Morgan fingerprint density at radius 1 is 1.19 bits per heavy atom. The first-order chi connectivity index (χ1) is 10.3. The largest absolute Gasteiger partial charge is 0.348 e. The summed E-state index contributed by atoms with van der Waals surface area (Å²) in [6, 6.07) is 4.50. The van der Waals surface area contributed by atoms with Gasteiger partial charge in [-0.05, 0) is 43.0 Å². The highest BCUT2D eigenvalue weighted by Gasteiger charge is 2.33. The summed E-state index contributed by atoms with van der Waals surface area (Å²) >= 11 is 1.76. The summed E-state index contributed by atoms with van der Waals surface area (Å²) in [4.78, 5) is 14.0. The zero-order valence-electron chi connectivity index (χ0n) is 12.6. The molecule has 116 valence electrons. The highest BCUT2D eigenvalue weighted by Crippen LogP contribution is 2.38. The second-order valence-electron chi connectivity index (χ2n) is 6.60. The quantitative estimate of drug-likeness (QED) is 0.892. The third-order valence-electron chi connectivity index (χ3n) is 5.17. The number of hydrogen-bond donors (Lipinski definition) is 2. The molecule has 21 heavy (non-hydrogen) atoms. The van der Waals surface area contributed by atoms with Crippen LogP contribution in [-0.4, -0.2) is 11.9 Å². The van der Waals surface area contributed by atoms with Crippen molar-refractivity contribution in [3.63, 3.8) is 0 Å². The van der Waals surface area contributed by atoms with Crippen LogP contribution in [0.25, 0.3) is 0 Å². The van der Waals surface area contributed by atoms with Gasteiger partial charge in [0, 0.05) is 10.9 Å². The zero-order chi connectivity index (χ0) is 14.7. The number of thiophene rings is 1. The fourth-order valence-corrected chi connectivity index (χ4v) is 4.80. The fraction of sp³-hybridized carbons (Fsp3) is 0.706. The van der Waals surface area contributed by atoms with Crippen LogP contribution >= 0.6 is 11.3 Å². The predicted molar refractivity (Wildman–Crippen MR) is 87.1 cm³/mol. The van der Waals surface area contributed by atoms with Crippen molar-refractivity contribution in [2.24, 2.45) is 17.6 Å². The van der Waals surface area contributed by atoms with Crippen LogP contribution in [0, 0.1) is 11.8 Å². The third-order valence-corrected chi connectivity index (χ3v) is 6.13. The normalized spacial score (nSPS) is 28.4. The van der Waals surface area contributed by atoms with Crippen molar-refractivity contribution in [3.05, 3.63) is 22.4 Å². The van der Waals surface area contributed by atoms with Gasteiger partial charge in [0.1, 0.15) is 0 Å². The van der Waals surface area contributed by atoms with Gasteiger partial charge in [-0.25, -0.2) is 0 Å². The van der Waals surface area contributed by atoms with Gasteiger partial charge in [-0.1, -0.05) is 31.7 Å². The molecule has 2 fully saturated rings. The summed E-state index contributed by atoms with van der Waals surface area (Å²) in [6.07, 6.45) is 9.32. The maximum atomic E-state index is 12.7. The third kappa shape index (κ3) is 3.49. The van der Waals surface area contributed by atoms with E-state index in [0.717, 1.165) is 19.3 Å². The number of nitrogens with one attached hydrogen (secondary N) is 1. The van der Waals surface area contributed by atoms with Crippen molar-refractivity contribution >= 4 is 17.2 Å². The molecule has 4 heteroatoms. The summed E-state index contributed by atoms with van der Waals surface area (Å²) in [5.41, 5.74) is 6.17. The number of nitrogens with two attached hydrogens (primary N) is 1. The molecule has 3 rings (SSSR count). The van der Waals surface area contributed by atoms with Gasteiger partial charge in [-0.3, -0.25) is 4.79 Å². The number of amides is 1. The molecule has 2 aliphatic carbocycles. The molecule has 3 atom stereocenters. The van der Waals surface area contributed by atoms with Crippen LogP contribution in [0.1, 0.15) is 62.3 Å². The van der Waals surface area contributed by atoms with E-state index in [2.05, 4.69) is 22.8 Å².